The Kier molecular flexibility index (Phi) is 6.38. The van der Waals surface area contributed by atoms with Crippen molar-refractivity contribution in [2.45, 2.75) is 38.1 Å². The molecule has 0 saturated carbocycles. The third-order valence-electron chi connectivity index (χ3n) is 3.88. The Labute approximate surface area is 142 Å². The Morgan fingerprint density at radius 2 is 2.17 bits per heavy atom. The number of nitrogens with zero attached hydrogens (tertiary/aromatic N) is 1. The Morgan fingerprint density at radius 1 is 1.39 bits per heavy atom. The molecular formula is C16H19BrFNO4. The van der Waals surface area contributed by atoms with Gasteiger partial charge in [0.1, 0.15) is 0 Å². The molecule has 1 unspecified atom stereocenters. The van der Waals surface area contributed by atoms with Crippen LogP contribution in [0.3, 0.4) is 0 Å². The van der Waals surface area contributed by atoms with E-state index < -0.39 is 11.8 Å². The molecule has 2 rings (SSSR count). The van der Waals surface area contributed by atoms with Gasteiger partial charge in [0.25, 0.3) is 5.91 Å². The lowest BCUT2D eigenvalue weighted by Crippen LogP contribution is -2.46. The molecule has 126 valence electrons. The number of likely N-dealkylation sites (tertiary alicyclic amines) is 1. The van der Waals surface area contributed by atoms with Gasteiger partial charge in [0, 0.05) is 23.5 Å². The molecule has 1 heterocycles. The molecule has 0 bridgehead atoms. The van der Waals surface area contributed by atoms with Gasteiger partial charge < -0.3 is 14.7 Å². The number of piperidine rings is 1. The van der Waals surface area contributed by atoms with Gasteiger partial charge in [-0.2, -0.15) is 0 Å². The second kappa shape index (κ2) is 8.29. The third kappa shape index (κ3) is 5.20. The van der Waals surface area contributed by atoms with Crippen molar-refractivity contribution in [3.05, 3.63) is 28.5 Å². The van der Waals surface area contributed by atoms with Crippen LogP contribution in [0, 0.1) is 5.82 Å². The zero-order chi connectivity index (χ0) is 16.8. The lowest BCUT2D eigenvalue weighted by atomic mass is 9.98. The number of carbonyl (C=O) groups excluding carboxylic acids is 1. The van der Waals surface area contributed by atoms with E-state index in [4.69, 9.17) is 9.84 Å². The number of hydrogen-bond donors (Lipinski definition) is 1. The molecule has 1 N–H and O–H groups in total. The molecule has 1 atom stereocenters. The monoisotopic (exact) mass is 387 g/mol. The molecule has 1 aliphatic heterocycles. The maximum atomic E-state index is 13.7. The van der Waals surface area contributed by atoms with Crippen LogP contribution in [0.2, 0.25) is 0 Å². The molecule has 1 saturated heterocycles. The number of benzene rings is 1. The topological polar surface area (TPSA) is 66.8 Å². The van der Waals surface area contributed by atoms with Crippen molar-refractivity contribution in [1.29, 1.82) is 0 Å². The fourth-order valence-electron chi connectivity index (χ4n) is 2.73. The minimum Gasteiger partial charge on any atom is -0.481 e. The standard InChI is InChI=1S/C16H19BrFNO4/c17-11-4-6-14(13(18)9-11)23-10-15(20)19-8-2-1-3-12(19)5-7-16(21)22/h4,6,9,12H,1-3,5,7-8,10H2,(H,21,22). The minimum atomic E-state index is -0.865. The summed E-state index contributed by atoms with van der Waals surface area (Å²) in [7, 11) is 0. The highest BCUT2D eigenvalue weighted by Crippen LogP contribution is 2.23. The van der Waals surface area contributed by atoms with Gasteiger partial charge in [0.15, 0.2) is 18.2 Å². The minimum absolute atomic E-state index is 0.0284. The predicted octanol–water partition coefficient (Wildman–Crippen LogP) is 3.21. The lowest BCUT2D eigenvalue weighted by molar-refractivity contribution is -0.141. The third-order valence-corrected chi connectivity index (χ3v) is 4.38. The van der Waals surface area contributed by atoms with Gasteiger partial charge in [0.2, 0.25) is 0 Å². The van der Waals surface area contributed by atoms with Crippen LogP contribution in [0.5, 0.6) is 5.75 Å². The first-order chi connectivity index (χ1) is 11.0. The van der Waals surface area contributed by atoms with Gasteiger partial charge in [-0.1, -0.05) is 15.9 Å². The van der Waals surface area contributed by atoms with E-state index in [1.807, 2.05) is 0 Å². The van der Waals surface area contributed by atoms with Crippen molar-refractivity contribution in [2.75, 3.05) is 13.2 Å². The van der Waals surface area contributed by atoms with Crippen LogP contribution in [0.4, 0.5) is 4.39 Å². The van der Waals surface area contributed by atoms with Crippen LogP contribution in [-0.2, 0) is 9.59 Å². The number of ether oxygens (including phenoxy) is 1. The maximum absolute atomic E-state index is 13.7. The highest BCUT2D eigenvalue weighted by Gasteiger charge is 2.27. The number of carboxylic acid groups (broad SMARTS) is 1. The van der Waals surface area contributed by atoms with E-state index in [1.165, 1.54) is 12.1 Å². The Morgan fingerprint density at radius 3 is 2.87 bits per heavy atom. The molecule has 23 heavy (non-hydrogen) atoms. The highest BCUT2D eigenvalue weighted by molar-refractivity contribution is 9.10. The molecule has 0 spiro atoms. The number of aliphatic carboxylic acids is 1. The summed E-state index contributed by atoms with van der Waals surface area (Å²) in [5.74, 6) is -1.60. The first kappa shape index (κ1) is 17.7. The van der Waals surface area contributed by atoms with E-state index in [0.29, 0.717) is 17.4 Å². The molecule has 1 aliphatic rings. The second-order valence-electron chi connectivity index (χ2n) is 5.53. The summed E-state index contributed by atoms with van der Waals surface area (Å²) in [6, 6.07) is 4.30. The maximum Gasteiger partial charge on any atom is 0.303 e. The van der Waals surface area contributed by atoms with Crippen LogP contribution in [0.1, 0.15) is 32.1 Å². The van der Waals surface area contributed by atoms with Crippen molar-refractivity contribution in [2.24, 2.45) is 0 Å². The van der Waals surface area contributed by atoms with E-state index in [9.17, 15) is 14.0 Å². The molecule has 0 radical (unpaired) electrons. The largest absolute Gasteiger partial charge is 0.481 e. The number of halogens is 2. The van der Waals surface area contributed by atoms with Crippen molar-refractivity contribution in [1.82, 2.24) is 4.90 Å². The fraction of sp³-hybridized carbons (Fsp3) is 0.500. The molecule has 1 aromatic carbocycles. The van der Waals surface area contributed by atoms with Gasteiger partial charge >= 0.3 is 5.97 Å². The average molecular weight is 388 g/mol. The van der Waals surface area contributed by atoms with E-state index in [1.54, 1.807) is 11.0 Å². The zero-order valence-corrected chi connectivity index (χ0v) is 14.2. The van der Waals surface area contributed by atoms with Crippen molar-refractivity contribution in [3.63, 3.8) is 0 Å². The quantitative estimate of drug-likeness (QED) is 0.813. The van der Waals surface area contributed by atoms with Gasteiger partial charge in [-0.15, -0.1) is 0 Å². The number of carboxylic acids is 1. The van der Waals surface area contributed by atoms with Crippen LogP contribution >= 0.6 is 15.9 Å². The summed E-state index contributed by atoms with van der Waals surface area (Å²) in [5, 5.41) is 8.80. The molecule has 0 aromatic heterocycles. The zero-order valence-electron chi connectivity index (χ0n) is 12.6. The van der Waals surface area contributed by atoms with Crippen LogP contribution in [0.25, 0.3) is 0 Å². The number of carbonyl (C=O) groups is 2. The number of hydrogen-bond acceptors (Lipinski definition) is 3. The van der Waals surface area contributed by atoms with E-state index >= 15 is 0 Å². The molecule has 1 fully saturated rings. The molecule has 1 aromatic rings. The van der Waals surface area contributed by atoms with Gasteiger partial charge in [0.05, 0.1) is 0 Å². The van der Waals surface area contributed by atoms with Crippen LogP contribution in [0.15, 0.2) is 22.7 Å². The molecule has 0 aliphatic carbocycles. The normalized spacial score (nSPS) is 17.8. The second-order valence-corrected chi connectivity index (χ2v) is 6.45. The smallest absolute Gasteiger partial charge is 0.303 e. The SMILES string of the molecule is O=C(O)CCC1CCCCN1C(=O)COc1ccc(Br)cc1F. The number of amides is 1. The van der Waals surface area contributed by atoms with Crippen LogP contribution in [-0.4, -0.2) is 41.1 Å². The van der Waals surface area contributed by atoms with Gasteiger partial charge in [-0.25, -0.2) is 4.39 Å². The number of rotatable bonds is 6. The first-order valence-corrected chi connectivity index (χ1v) is 8.36. The van der Waals surface area contributed by atoms with Crippen LogP contribution < -0.4 is 4.74 Å². The summed E-state index contributed by atoms with van der Waals surface area (Å²) in [4.78, 5) is 24.7. The average Bonchev–Trinajstić information content (AvgIpc) is 2.52. The van der Waals surface area contributed by atoms with Crippen molar-refractivity contribution >= 4 is 27.8 Å². The molecule has 1 amide bonds. The highest BCUT2D eigenvalue weighted by atomic mass is 79.9. The summed E-state index contributed by atoms with van der Waals surface area (Å²) < 4.78 is 19.6. The Balaban J connectivity index is 1.93. The molecule has 7 heteroatoms. The Bertz CT molecular complexity index is 581. The van der Waals surface area contributed by atoms with E-state index in [2.05, 4.69) is 15.9 Å². The van der Waals surface area contributed by atoms with Gasteiger partial charge in [-0.05, 0) is 43.9 Å². The predicted molar refractivity (Wildman–Crippen MR) is 85.8 cm³/mol. The molecule has 5 nitrogen and oxygen atoms in total. The fourth-order valence-corrected chi connectivity index (χ4v) is 3.07. The van der Waals surface area contributed by atoms with E-state index in [-0.39, 0.29) is 30.7 Å². The van der Waals surface area contributed by atoms with Gasteiger partial charge in [-0.3, -0.25) is 9.59 Å². The van der Waals surface area contributed by atoms with E-state index in [0.717, 1.165) is 19.3 Å². The molecular weight excluding hydrogens is 369 g/mol. The lowest BCUT2D eigenvalue weighted by Gasteiger charge is -2.35. The summed E-state index contributed by atoms with van der Waals surface area (Å²) in [6.45, 7) is 0.345. The Hall–Kier alpha value is -1.63. The summed E-state index contributed by atoms with van der Waals surface area (Å²) in [5.41, 5.74) is 0. The summed E-state index contributed by atoms with van der Waals surface area (Å²) >= 11 is 3.16. The van der Waals surface area contributed by atoms with Crippen molar-refractivity contribution < 1.29 is 23.8 Å². The van der Waals surface area contributed by atoms with Crippen molar-refractivity contribution in [3.8, 4) is 5.75 Å². The first-order valence-electron chi connectivity index (χ1n) is 7.56. The summed E-state index contributed by atoms with van der Waals surface area (Å²) in [6.07, 6.45) is 3.15.